The summed E-state index contributed by atoms with van der Waals surface area (Å²) in [6.07, 6.45) is 4.34. The van der Waals surface area contributed by atoms with Gasteiger partial charge in [-0.25, -0.2) is 4.98 Å². The lowest BCUT2D eigenvalue weighted by Gasteiger charge is -2.12. The van der Waals surface area contributed by atoms with Gasteiger partial charge in [0.25, 0.3) is 0 Å². The number of nitrogens with zero attached hydrogens (tertiary/aromatic N) is 2. The third-order valence-electron chi connectivity index (χ3n) is 1.82. The van der Waals surface area contributed by atoms with Crippen molar-refractivity contribution in [3.63, 3.8) is 0 Å². The number of carbonyl (C=O) groups is 1. The fourth-order valence-electron chi connectivity index (χ4n) is 0.984. The SMILES string of the molecule is CCCCC(=O)N(C)c1nccs1. The molecule has 72 valence electrons. The highest BCUT2D eigenvalue weighted by molar-refractivity contribution is 7.13. The summed E-state index contributed by atoms with van der Waals surface area (Å²) in [4.78, 5) is 17.2. The van der Waals surface area contributed by atoms with Crippen LogP contribution in [0.1, 0.15) is 26.2 Å². The molecule has 0 fully saturated rings. The Labute approximate surface area is 82.4 Å². The molecule has 0 aliphatic rings. The molecule has 1 heterocycles. The summed E-state index contributed by atoms with van der Waals surface area (Å²) in [6, 6.07) is 0. The number of hydrogen-bond donors (Lipinski definition) is 0. The summed E-state index contributed by atoms with van der Waals surface area (Å²) < 4.78 is 0. The van der Waals surface area contributed by atoms with E-state index in [1.54, 1.807) is 18.1 Å². The zero-order chi connectivity index (χ0) is 9.68. The summed E-state index contributed by atoms with van der Waals surface area (Å²) in [7, 11) is 1.77. The van der Waals surface area contributed by atoms with E-state index in [-0.39, 0.29) is 5.91 Å². The molecule has 1 amide bonds. The minimum atomic E-state index is 0.150. The highest BCUT2D eigenvalue weighted by Gasteiger charge is 2.11. The van der Waals surface area contributed by atoms with Crippen LogP contribution in [0.25, 0.3) is 0 Å². The fraction of sp³-hybridized carbons (Fsp3) is 0.556. The Balaban J connectivity index is 2.48. The van der Waals surface area contributed by atoms with Gasteiger partial charge in [0.05, 0.1) is 0 Å². The molecule has 0 aromatic carbocycles. The number of aromatic nitrogens is 1. The molecule has 0 unspecified atom stereocenters. The maximum atomic E-state index is 11.5. The molecule has 1 aromatic rings. The van der Waals surface area contributed by atoms with Crippen LogP contribution in [-0.4, -0.2) is 17.9 Å². The molecule has 3 nitrogen and oxygen atoms in total. The zero-order valence-corrected chi connectivity index (χ0v) is 8.80. The van der Waals surface area contributed by atoms with Crippen molar-refractivity contribution < 1.29 is 4.79 Å². The van der Waals surface area contributed by atoms with Crippen LogP contribution in [0.4, 0.5) is 5.13 Å². The first-order valence-corrected chi connectivity index (χ1v) is 5.29. The smallest absolute Gasteiger partial charge is 0.228 e. The predicted molar refractivity (Wildman–Crippen MR) is 55.0 cm³/mol. The Morgan fingerprint density at radius 3 is 3.00 bits per heavy atom. The highest BCUT2D eigenvalue weighted by Crippen LogP contribution is 2.16. The van der Waals surface area contributed by atoms with Crippen LogP contribution in [0.3, 0.4) is 0 Å². The van der Waals surface area contributed by atoms with Gasteiger partial charge in [0, 0.05) is 25.0 Å². The Kier molecular flexibility index (Phi) is 3.89. The molecule has 4 heteroatoms. The van der Waals surface area contributed by atoms with Crippen molar-refractivity contribution in [3.8, 4) is 0 Å². The lowest BCUT2D eigenvalue weighted by molar-refractivity contribution is -0.118. The number of amides is 1. The van der Waals surface area contributed by atoms with E-state index in [0.717, 1.165) is 18.0 Å². The molecule has 0 saturated carbocycles. The van der Waals surface area contributed by atoms with E-state index in [1.165, 1.54) is 11.3 Å². The van der Waals surface area contributed by atoms with Crippen molar-refractivity contribution in [2.45, 2.75) is 26.2 Å². The molecule has 0 N–H and O–H groups in total. The fourth-order valence-corrected chi connectivity index (χ4v) is 1.61. The van der Waals surface area contributed by atoms with Gasteiger partial charge in [-0.15, -0.1) is 11.3 Å². The van der Waals surface area contributed by atoms with E-state index >= 15 is 0 Å². The molecule has 0 saturated heterocycles. The van der Waals surface area contributed by atoms with E-state index < -0.39 is 0 Å². The van der Waals surface area contributed by atoms with Gasteiger partial charge in [-0.3, -0.25) is 9.69 Å². The average molecular weight is 198 g/mol. The van der Waals surface area contributed by atoms with Crippen molar-refractivity contribution in [2.75, 3.05) is 11.9 Å². The molecule has 1 aromatic heterocycles. The Hall–Kier alpha value is -0.900. The van der Waals surface area contributed by atoms with Gasteiger partial charge in [0.2, 0.25) is 5.91 Å². The normalized spacial score (nSPS) is 10.0. The Morgan fingerprint density at radius 1 is 1.69 bits per heavy atom. The van der Waals surface area contributed by atoms with E-state index in [4.69, 9.17) is 0 Å². The maximum absolute atomic E-state index is 11.5. The minimum absolute atomic E-state index is 0.150. The standard InChI is InChI=1S/C9H14N2OS/c1-3-4-5-8(12)11(2)9-10-6-7-13-9/h6-7H,3-5H2,1-2H3. The van der Waals surface area contributed by atoms with E-state index in [0.29, 0.717) is 6.42 Å². The number of rotatable bonds is 4. The van der Waals surface area contributed by atoms with Crippen molar-refractivity contribution in [1.29, 1.82) is 0 Å². The molecular formula is C9H14N2OS. The molecule has 0 spiro atoms. The summed E-state index contributed by atoms with van der Waals surface area (Å²) in [5, 5.41) is 2.65. The van der Waals surface area contributed by atoms with E-state index in [9.17, 15) is 4.79 Å². The van der Waals surface area contributed by atoms with Gasteiger partial charge in [0.15, 0.2) is 5.13 Å². The first kappa shape index (κ1) is 10.2. The van der Waals surface area contributed by atoms with Gasteiger partial charge in [-0.2, -0.15) is 0 Å². The highest BCUT2D eigenvalue weighted by atomic mass is 32.1. The third kappa shape index (κ3) is 2.81. The van der Waals surface area contributed by atoms with E-state index in [1.807, 2.05) is 5.38 Å². The van der Waals surface area contributed by atoms with Crippen molar-refractivity contribution in [2.24, 2.45) is 0 Å². The second-order valence-electron chi connectivity index (χ2n) is 2.87. The monoisotopic (exact) mass is 198 g/mol. The van der Waals surface area contributed by atoms with Crippen molar-refractivity contribution in [3.05, 3.63) is 11.6 Å². The van der Waals surface area contributed by atoms with E-state index in [2.05, 4.69) is 11.9 Å². The molecule has 0 radical (unpaired) electrons. The topological polar surface area (TPSA) is 33.2 Å². The van der Waals surface area contributed by atoms with Crippen LogP contribution in [0.5, 0.6) is 0 Å². The largest absolute Gasteiger partial charge is 0.291 e. The van der Waals surface area contributed by atoms with Crippen LogP contribution < -0.4 is 4.90 Å². The second-order valence-corrected chi connectivity index (χ2v) is 3.74. The second kappa shape index (κ2) is 4.97. The maximum Gasteiger partial charge on any atom is 0.228 e. The molecule has 0 bridgehead atoms. The molecular weight excluding hydrogens is 184 g/mol. The van der Waals surface area contributed by atoms with Gasteiger partial charge in [-0.1, -0.05) is 13.3 Å². The molecule has 13 heavy (non-hydrogen) atoms. The van der Waals surface area contributed by atoms with Crippen molar-refractivity contribution in [1.82, 2.24) is 4.98 Å². The molecule has 0 aliphatic carbocycles. The summed E-state index contributed by atoms with van der Waals surface area (Å²) in [5.41, 5.74) is 0. The minimum Gasteiger partial charge on any atom is -0.291 e. The average Bonchev–Trinajstić information content (AvgIpc) is 2.65. The first-order chi connectivity index (χ1) is 6.25. The Bertz CT molecular complexity index is 259. The van der Waals surface area contributed by atoms with Crippen molar-refractivity contribution >= 4 is 22.4 Å². The Morgan fingerprint density at radius 2 is 2.46 bits per heavy atom. The first-order valence-electron chi connectivity index (χ1n) is 4.41. The van der Waals surface area contributed by atoms with Crippen LogP contribution in [0.15, 0.2) is 11.6 Å². The van der Waals surface area contributed by atoms with Crippen LogP contribution in [0, 0.1) is 0 Å². The molecule has 1 rings (SSSR count). The number of thiazole rings is 1. The zero-order valence-electron chi connectivity index (χ0n) is 7.99. The molecule has 0 aliphatic heterocycles. The lowest BCUT2D eigenvalue weighted by atomic mass is 10.2. The summed E-state index contributed by atoms with van der Waals surface area (Å²) in [6.45, 7) is 2.08. The van der Waals surface area contributed by atoms with Gasteiger partial charge in [0.1, 0.15) is 0 Å². The lowest BCUT2D eigenvalue weighted by Crippen LogP contribution is -2.25. The number of carbonyl (C=O) groups excluding carboxylic acids is 1. The van der Waals surface area contributed by atoms with Gasteiger partial charge >= 0.3 is 0 Å². The van der Waals surface area contributed by atoms with Gasteiger partial charge in [-0.05, 0) is 6.42 Å². The van der Waals surface area contributed by atoms with Crippen LogP contribution in [-0.2, 0) is 4.79 Å². The molecule has 0 atom stereocenters. The van der Waals surface area contributed by atoms with Crippen LogP contribution in [0.2, 0.25) is 0 Å². The number of hydrogen-bond acceptors (Lipinski definition) is 3. The quantitative estimate of drug-likeness (QED) is 0.743. The number of unbranched alkanes of at least 4 members (excludes halogenated alkanes) is 1. The van der Waals surface area contributed by atoms with Gasteiger partial charge < -0.3 is 0 Å². The number of anilines is 1. The summed E-state index contributed by atoms with van der Waals surface area (Å²) >= 11 is 1.49. The van der Waals surface area contributed by atoms with Crippen LogP contribution >= 0.6 is 11.3 Å². The summed E-state index contributed by atoms with van der Waals surface area (Å²) in [5.74, 6) is 0.150. The third-order valence-corrected chi connectivity index (χ3v) is 2.67. The predicted octanol–water partition coefficient (Wildman–Crippen LogP) is 2.30.